The van der Waals surface area contributed by atoms with Gasteiger partial charge in [0.1, 0.15) is 6.54 Å². The van der Waals surface area contributed by atoms with Gasteiger partial charge in [0.25, 0.3) is 0 Å². The van der Waals surface area contributed by atoms with Crippen molar-refractivity contribution in [3.63, 3.8) is 0 Å². The van der Waals surface area contributed by atoms with Gasteiger partial charge in [0, 0.05) is 5.75 Å². The van der Waals surface area contributed by atoms with Gasteiger partial charge in [-0.2, -0.15) is 13.2 Å². The molecule has 0 atom stereocenters. The predicted molar refractivity (Wildman–Crippen MR) is 108 cm³/mol. The summed E-state index contributed by atoms with van der Waals surface area (Å²) >= 11 is 8.47. The van der Waals surface area contributed by atoms with Crippen molar-refractivity contribution in [2.75, 3.05) is 28.2 Å². The summed E-state index contributed by atoms with van der Waals surface area (Å²) in [5, 5.41) is 9.97. The molecular formula is C15H16ClF3N4O3S3. The lowest BCUT2D eigenvalue weighted by Gasteiger charge is -2.23. The quantitative estimate of drug-likeness (QED) is 0.444. The number of halogens is 4. The van der Waals surface area contributed by atoms with Crippen LogP contribution in [-0.4, -0.2) is 43.1 Å². The molecule has 2 aromatic rings. The van der Waals surface area contributed by atoms with Crippen molar-refractivity contribution in [3.8, 4) is 0 Å². The van der Waals surface area contributed by atoms with Crippen LogP contribution in [0, 0.1) is 0 Å². The summed E-state index contributed by atoms with van der Waals surface area (Å²) in [6.07, 6.45) is -3.02. The molecule has 1 heterocycles. The molecule has 0 saturated carbocycles. The predicted octanol–water partition coefficient (Wildman–Crippen LogP) is 4.12. The third kappa shape index (κ3) is 6.73. The normalized spacial score (nSPS) is 12.1. The fourth-order valence-corrected chi connectivity index (χ4v) is 4.88. The number of carbonyl (C=O) groups is 1. The minimum absolute atomic E-state index is 0.150. The minimum atomic E-state index is -4.70. The zero-order chi connectivity index (χ0) is 21.8. The fourth-order valence-electron chi connectivity index (χ4n) is 2.06. The second kappa shape index (κ2) is 9.49. The van der Waals surface area contributed by atoms with Crippen LogP contribution in [0.1, 0.15) is 18.9 Å². The second-order valence-electron chi connectivity index (χ2n) is 5.70. The summed E-state index contributed by atoms with van der Waals surface area (Å²) in [6, 6.07) is 2.24. The lowest BCUT2D eigenvalue weighted by Crippen LogP contribution is -2.37. The van der Waals surface area contributed by atoms with Crippen LogP contribution < -0.4 is 9.62 Å². The first-order valence-corrected chi connectivity index (χ1v) is 12.0. The average molecular weight is 489 g/mol. The maximum atomic E-state index is 13.0. The van der Waals surface area contributed by atoms with Gasteiger partial charge in [0.2, 0.25) is 21.1 Å². The number of hydrogen-bond acceptors (Lipinski definition) is 7. The number of carbonyl (C=O) groups excluding carboxylic acids is 1. The molecule has 0 spiro atoms. The van der Waals surface area contributed by atoms with E-state index in [2.05, 4.69) is 15.5 Å². The monoisotopic (exact) mass is 488 g/mol. The molecule has 1 N–H and O–H groups in total. The van der Waals surface area contributed by atoms with E-state index in [4.69, 9.17) is 11.6 Å². The van der Waals surface area contributed by atoms with Crippen LogP contribution in [0.5, 0.6) is 0 Å². The van der Waals surface area contributed by atoms with Crippen LogP contribution >= 0.6 is 34.7 Å². The van der Waals surface area contributed by atoms with Gasteiger partial charge in [-0.1, -0.05) is 41.6 Å². The number of amides is 1. The zero-order valence-corrected chi connectivity index (χ0v) is 18.4. The van der Waals surface area contributed by atoms with Crippen molar-refractivity contribution in [2.45, 2.75) is 23.9 Å². The fraction of sp³-hybridized carbons (Fsp3) is 0.400. The molecule has 1 aromatic heterocycles. The lowest BCUT2D eigenvalue weighted by atomic mass is 10.2. The van der Waals surface area contributed by atoms with Crippen LogP contribution in [0.3, 0.4) is 0 Å². The molecule has 0 saturated heterocycles. The Morgan fingerprint density at radius 2 is 2.03 bits per heavy atom. The van der Waals surface area contributed by atoms with E-state index >= 15 is 0 Å². The number of nitrogens with one attached hydrogen (secondary N) is 1. The molecule has 0 bridgehead atoms. The molecule has 29 heavy (non-hydrogen) atoms. The van der Waals surface area contributed by atoms with Gasteiger partial charge in [0.15, 0.2) is 4.34 Å². The highest BCUT2D eigenvalue weighted by molar-refractivity contribution is 8.01. The van der Waals surface area contributed by atoms with Crippen molar-refractivity contribution in [1.82, 2.24) is 10.2 Å². The first-order chi connectivity index (χ1) is 13.4. The van der Waals surface area contributed by atoms with Gasteiger partial charge < -0.3 is 0 Å². The topological polar surface area (TPSA) is 92.3 Å². The molecule has 0 aliphatic carbocycles. The Morgan fingerprint density at radius 3 is 2.62 bits per heavy atom. The standard InChI is InChI=1S/C15H16ClF3N4O3S3/c1-3-6-27-14-22-21-13(28-14)20-12(24)8-23(29(2,25)26)11-7-9(15(17,18)19)4-5-10(11)16/h4-5,7H,3,6,8H2,1-2H3,(H,20,21,24). The number of alkyl halides is 3. The highest BCUT2D eigenvalue weighted by atomic mass is 35.5. The first-order valence-electron chi connectivity index (χ1n) is 8.02. The Balaban J connectivity index is 2.24. The molecular weight excluding hydrogens is 473 g/mol. The molecule has 1 amide bonds. The Hall–Kier alpha value is -1.57. The van der Waals surface area contributed by atoms with Crippen LogP contribution in [0.4, 0.5) is 24.0 Å². The summed E-state index contributed by atoms with van der Waals surface area (Å²) in [5.41, 5.74) is -1.54. The van der Waals surface area contributed by atoms with Gasteiger partial charge in [0.05, 0.1) is 22.5 Å². The van der Waals surface area contributed by atoms with E-state index in [9.17, 15) is 26.4 Å². The highest BCUT2D eigenvalue weighted by Gasteiger charge is 2.33. The molecule has 1 aromatic carbocycles. The van der Waals surface area contributed by atoms with E-state index in [-0.39, 0.29) is 10.2 Å². The number of anilines is 2. The van der Waals surface area contributed by atoms with Gasteiger partial charge in [-0.15, -0.1) is 10.2 Å². The molecule has 2 rings (SSSR count). The van der Waals surface area contributed by atoms with Crippen LogP contribution in [0.2, 0.25) is 5.02 Å². The third-order valence-electron chi connectivity index (χ3n) is 3.31. The number of nitrogens with zero attached hydrogens (tertiary/aromatic N) is 3. The molecule has 0 radical (unpaired) electrons. The molecule has 0 aliphatic rings. The Morgan fingerprint density at radius 1 is 1.34 bits per heavy atom. The number of sulfonamides is 1. The first kappa shape index (κ1) is 23.7. The number of rotatable bonds is 8. The Bertz CT molecular complexity index is 983. The number of benzene rings is 1. The van der Waals surface area contributed by atoms with E-state index in [0.29, 0.717) is 14.7 Å². The summed E-state index contributed by atoms with van der Waals surface area (Å²) in [6.45, 7) is 1.21. The summed E-state index contributed by atoms with van der Waals surface area (Å²) in [7, 11) is -4.11. The van der Waals surface area contributed by atoms with Crippen molar-refractivity contribution in [1.29, 1.82) is 0 Å². The zero-order valence-electron chi connectivity index (χ0n) is 15.2. The van der Waals surface area contributed by atoms with Gasteiger partial charge in [-0.05, 0) is 24.6 Å². The molecule has 7 nitrogen and oxygen atoms in total. The number of aromatic nitrogens is 2. The van der Waals surface area contributed by atoms with Gasteiger partial charge >= 0.3 is 6.18 Å². The molecule has 0 fully saturated rings. The van der Waals surface area contributed by atoms with E-state index in [0.717, 1.165) is 41.9 Å². The third-order valence-corrected chi connectivity index (χ3v) is 6.94. The molecule has 160 valence electrons. The van der Waals surface area contributed by atoms with Crippen molar-refractivity contribution in [3.05, 3.63) is 28.8 Å². The van der Waals surface area contributed by atoms with E-state index in [1.165, 1.54) is 11.8 Å². The Kier molecular flexibility index (Phi) is 7.76. The van der Waals surface area contributed by atoms with E-state index in [1.54, 1.807) is 0 Å². The lowest BCUT2D eigenvalue weighted by molar-refractivity contribution is -0.137. The maximum absolute atomic E-state index is 13.0. The highest BCUT2D eigenvalue weighted by Crippen LogP contribution is 2.36. The van der Waals surface area contributed by atoms with Crippen molar-refractivity contribution >= 4 is 61.4 Å². The van der Waals surface area contributed by atoms with Crippen molar-refractivity contribution < 1.29 is 26.4 Å². The molecule has 0 aliphatic heterocycles. The molecule has 14 heteroatoms. The van der Waals surface area contributed by atoms with E-state index in [1.807, 2.05) is 6.92 Å². The maximum Gasteiger partial charge on any atom is 0.416 e. The van der Waals surface area contributed by atoms with E-state index < -0.39 is 39.9 Å². The average Bonchev–Trinajstić information content (AvgIpc) is 3.04. The molecule has 0 unspecified atom stereocenters. The SMILES string of the molecule is CCCSc1nnc(NC(=O)CN(c2cc(C(F)(F)F)ccc2Cl)S(C)(=O)=O)s1. The summed E-state index contributed by atoms with van der Waals surface area (Å²) in [4.78, 5) is 12.3. The van der Waals surface area contributed by atoms with Gasteiger partial charge in [-0.25, -0.2) is 8.42 Å². The smallest absolute Gasteiger partial charge is 0.299 e. The van der Waals surface area contributed by atoms with Crippen molar-refractivity contribution in [2.24, 2.45) is 0 Å². The Labute approximate surface area is 178 Å². The minimum Gasteiger partial charge on any atom is -0.299 e. The summed E-state index contributed by atoms with van der Waals surface area (Å²) < 4.78 is 64.4. The van der Waals surface area contributed by atoms with Crippen LogP contribution in [0.25, 0.3) is 0 Å². The van der Waals surface area contributed by atoms with Crippen LogP contribution in [0.15, 0.2) is 22.5 Å². The number of hydrogen-bond donors (Lipinski definition) is 1. The van der Waals surface area contributed by atoms with Gasteiger partial charge in [-0.3, -0.25) is 14.4 Å². The number of thioether (sulfide) groups is 1. The largest absolute Gasteiger partial charge is 0.416 e. The summed E-state index contributed by atoms with van der Waals surface area (Å²) in [5.74, 6) is 0.0190. The second-order valence-corrected chi connectivity index (χ2v) is 10.3. The van der Waals surface area contributed by atoms with Crippen LogP contribution in [-0.2, 0) is 21.0 Å².